The molecular formula is C22H29NO4. The van der Waals surface area contributed by atoms with Gasteiger partial charge in [-0.05, 0) is 56.5 Å². The predicted octanol–water partition coefficient (Wildman–Crippen LogP) is 4.36. The Morgan fingerprint density at radius 1 is 1.00 bits per heavy atom. The van der Waals surface area contributed by atoms with E-state index in [9.17, 15) is 4.79 Å². The van der Waals surface area contributed by atoms with Crippen molar-refractivity contribution >= 4 is 5.91 Å². The Morgan fingerprint density at radius 3 is 2.26 bits per heavy atom. The lowest BCUT2D eigenvalue weighted by molar-refractivity contribution is -0.128. The summed E-state index contributed by atoms with van der Waals surface area (Å²) >= 11 is 0. The lowest BCUT2D eigenvalue weighted by atomic mass is 10.0. The number of methoxy groups -OCH3 is 2. The van der Waals surface area contributed by atoms with Crippen LogP contribution in [0.5, 0.6) is 17.2 Å². The van der Waals surface area contributed by atoms with E-state index in [2.05, 4.69) is 5.32 Å². The molecule has 2 aromatic carbocycles. The molecule has 0 saturated heterocycles. The summed E-state index contributed by atoms with van der Waals surface area (Å²) in [6.45, 7) is 7.79. The molecule has 5 nitrogen and oxygen atoms in total. The molecule has 5 heteroatoms. The zero-order valence-electron chi connectivity index (χ0n) is 17.0. The van der Waals surface area contributed by atoms with Crippen LogP contribution in [0.3, 0.4) is 0 Å². The number of hydrogen-bond acceptors (Lipinski definition) is 4. The van der Waals surface area contributed by atoms with E-state index >= 15 is 0 Å². The van der Waals surface area contributed by atoms with Crippen molar-refractivity contribution in [2.45, 2.75) is 46.3 Å². The van der Waals surface area contributed by atoms with Gasteiger partial charge in [0.1, 0.15) is 5.75 Å². The first-order valence-corrected chi connectivity index (χ1v) is 9.15. The van der Waals surface area contributed by atoms with Gasteiger partial charge in [0.2, 0.25) is 0 Å². The van der Waals surface area contributed by atoms with Crippen LogP contribution in [0.15, 0.2) is 36.4 Å². The molecule has 2 aromatic rings. The quantitative estimate of drug-likeness (QED) is 0.749. The number of carbonyl (C=O) groups is 1. The Balaban J connectivity index is 2.09. The smallest absolute Gasteiger partial charge is 0.261 e. The molecule has 0 aliphatic rings. The number of aryl methyl sites for hydroxylation is 2. The molecule has 0 spiro atoms. The van der Waals surface area contributed by atoms with E-state index in [4.69, 9.17) is 14.2 Å². The van der Waals surface area contributed by atoms with E-state index in [1.54, 1.807) is 21.1 Å². The molecule has 0 bridgehead atoms. The largest absolute Gasteiger partial charge is 0.493 e. The minimum Gasteiger partial charge on any atom is -0.493 e. The Kier molecular flexibility index (Phi) is 7.11. The number of nitrogens with one attached hydrogen (secondary N) is 1. The molecule has 0 unspecified atom stereocenters. The second kappa shape index (κ2) is 9.31. The van der Waals surface area contributed by atoms with Gasteiger partial charge in [0.25, 0.3) is 5.91 Å². The van der Waals surface area contributed by atoms with Crippen molar-refractivity contribution in [3.8, 4) is 17.2 Å². The first-order chi connectivity index (χ1) is 12.9. The topological polar surface area (TPSA) is 56.8 Å². The summed E-state index contributed by atoms with van der Waals surface area (Å²) in [4.78, 5) is 12.7. The molecule has 0 heterocycles. The summed E-state index contributed by atoms with van der Waals surface area (Å²) in [5, 5.41) is 3.06. The number of ether oxygens (including phenoxy) is 3. The van der Waals surface area contributed by atoms with E-state index < -0.39 is 6.10 Å². The molecule has 0 fully saturated rings. The Morgan fingerprint density at radius 2 is 1.67 bits per heavy atom. The Hall–Kier alpha value is -2.69. The highest BCUT2D eigenvalue weighted by Crippen LogP contribution is 2.31. The maximum atomic E-state index is 12.7. The number of amides is 1. The molecule has 0 saturated carbocycles. The van der Waals surface area contributed by atoms with Crippen molar-refractivity contribution in [2.24, 2.45) is 0 Å². The van der Waals surface area contributed by atoms with Gasteiger partial charge in [0.05, 0.1) is 20.3 Å². The number of carbonyl (C=O) groups excluding carboxylic acids is 1. The van der Waals surface area contributed by atoms with E-state index in [-0.39, 0.29) is 11.9 Å². The van der Waals surface area contributed by atoms with Gasteiger partial charge in [0.15, 0.2) is 17.6 Å². The molecule has 1 amide bonds. The molecule has 1 N–H and O–H groups in total. The monoisotopic (exact) mass is 371 g/mol. The summed E-state index contributed by atoms with van der Waals surface area (Å²) in [7, 11) is 3.20. The lowest BCUT2D eigenvalue weighted by Gasteiger charge is -2.22. The summed E-state index contributed by atoms with van der Waals surface area (Å²) in [5.41, 5.74) is 3.14. The number of hydrogen-bond donors (Lipinski definition) is 1. The van der Waals surface area contributed by atoms with Crippen LogP contribution in [0.2, 0.25) is 0 Å². The molecule has 0 aliphatic heterocycles. The minimum atomic E-state index is -0.597. The van der Waals surface area contributed by atoms with Crippen molar-refractivity contribution in [1.29, 1.82) is 0 Å². The van der Waals surface area contributed by atoms with Gasteiger partial charge in [-0.2, -0.15) is 0 Å². The Labute approximate surface area is 161 Å². The van der Waals surface area contributed by atoms with Crippen molar-refractivity contribution in [3.63, 3.8) is 0 Å². The standard InChI is InChI=1S/C22H29NO4/c1-7-18(17-9-11-20(25-5)21(13-17)26-6)23-22(24)16(4)27-19-10-8-14(2)12-15(19)3/h8-13,16,18H,7H2,1-6H3,(H,23,24)/t16-,18-/m0/s1. The third-order valence-corrected chi connectivity index (χ3v) is 4.54. The van der Waals surface area contributed by atoms with E-state index in [0.29, 0.717) is 11.5 Å². The minimum absolute atomic E-state index is 0.137. The van der Waals surface area contributed by atoms with Gasteiger partial charge in [-0.25, -0.2) is 0 Å². The van der Waals surface area contributed by atoms with Crippen LogP contribution in [0.25, 0.3) is 0 Å². The average Bonchev–Trinajstić information content (AvgIpc) is 2.67. The highest BCUT2D eigenvalue weighted by Gasteiger charge is 2.21. The number of benzene rings is 2. The third kappa shape index (κ3) is 5.16. The molecule has 27 heavy (non-hydrogen) atoms. The van der Waals surface area contributed by atoms with Crippen LogP contribution >= 0.6 is 0 Å². The predicted molar refractivity (Wildman–Crippen MR) is 107 cm³/mol. The van der Waals surface area contributed by atoms with Gasteiger partial charge in [-0.15, -0.1) is 0 Å². The average molecular weight is 371 g/mol. The third-order valence-electron chi connectivity index (χ3n) is 4.54. The Bertz CT molecular complexity index is 788. The maximum absolute atomic E-state index is 12.7. The zero-order valence-corrected chi connectivity index (χ0v) is 17.0. The molecule has 0 radical (unpaired) electrons. The van der Waals surface area contributed by atoms with E-state index in [0.717, 1.165) is 28.9 Å². The van der Waals surface area contributed by atoms with Crippen molar-refractivity contribution in [1.82, 2.24) is 5.32 Å². The summed E-state index contributed by atoms with van der Waals surface area (Å²) in [6.07, 6.45) is 0.151. The van der Waals surface area contributed by atoms with E-state index in [1.165, 1.54) is 0 Å². The SMILES string of the molecule is CC[C@H](NC(=O)[C@H](C)Oc1ccc(C)cc1C)c1ccc(OC)c(OC)c1. The fourth-order valence-electron chi connectivity index (χ4n) is 2.96. The van der Waals surface area contributed by atoms with Crippen LogP contribution < -0.4 is 19.5 Å². The highest BCUT2D eigenvalue weighted by molar-refractivity contribution is 5.81. The molecule has 0 aromatic heterocycles. The van der Waals surface area contributed by atoms with Gasteiger partial charge in [-0.3, -0.25) is 4.79 Å². The fourth-order valence-corrected chi connectivity index (χ4v) is 2.96. The number of rotatable bonds is 8. The van der Waals surface area contributed by atoms with Gasteiger partial charge in [0, 0.05) is 0 Å². The van der Waals surface area contributed by atoms with Crippen molar-refractivity contribution in [2.75, 3.05) is 14.2 Å². The normalized spacial score (nSPS) is 12.8. The molecule has 2 rings (SSSR count). The maximum Gasteiger partial charge on any atom is 0.261 e. The van der Waals surface area contributed by atoms with Crippen molar-refractivity contribution in [3.05, 3.63) is 53.1 Å². The van der Waals surface area contributed by atoms with Crippen LogP contribution in [0.4, 0.5) is 0 Å². The molecule has 146 valence electrons. The summed E-state index contributed by atoms with van der Waals surface area (Å²) in [6, 6.07) is 11.5. The first-order valence-electron chi connectivity index (χ1n) is 9.15. The van der Waals surface area contributed by atoms with Gasteiger partial charge in [-0.1, -0.05) is 30.7 Å². The van der Waals surface area contributed by atoms with Gasteiger partial charge >= 0.3 is 0 Å². The van der Waals surface area contributed by atoms with Gasteiger partial charge < -0.3 is 19.5 Å². The van der Waals surface area contributed by atoms with Crippen LogP contribution in [-0.2, 0) is 4.79 Å². The fraction of sp³-hybridized carbons (Fsp3) is 0.409. The molecule has 0 aliphatic carbocycles. The van der Waals surface area contributed by atoms with Crippen LogP contribution in [0, 0.1) is 13.8 Å². The second-order valence-corrected chi connectivity index (χ2v) is 6.61. The van der Waals surface area contributed by atoms with Crippen LogP contribution in [-0.4, -0.2) is 26.2 Å². The highest BCUT2D eigenvalue weighted by atomic mass is 16.5. The summed E-state index contributed by atoms with van der Waals surface area (Å²) in [5.74, 6) is 1.87. The zero-order chi connectivity index (χ0) is 20.0. The van der Waals surface area contributed by atoms with Crippen molar-refractivity contribution < 1.29 is 19.0 Å². The molecule has 2 atom stereocenters. The summed E-state index contributed by atoms with van der Waals surface area (Å²) < 4.78 is 16.5. The van der Waals surface area contributed by atoms with Crippen LogP contribution in [0.1, 0.15) is 43.0 Å². The second-order valence-electron chi connectivity index (χ2n) is 6.61. The first kappa shape index (κ1) is 20.6. The molecular weight excluding hydrogens is 342 g/mol. The van der Waals surface area contributed by atoms with E-state index in [1.807, 2.05) is 57.2 Å². The lowest BCUT2D eigenvalue weighted by Crippen LogP contribution is -2.38.